The van der Waals surface area contributed by atoms with E-state index in [9.17, 15) is 4.79 Å². The highest BCUT2D eigenvalue weighted by Crippen LogP contribution is 2.36. The summed E-state index contributed by atoms with van der Waals surface area (Å²) in [6, 6.07) is 0. The van der Waals surface area contributed by atoms with Crippen molar-refractivity contribution in [1.82, 2.24) is 5.32 Å². The Bertz CT molecular complexity index is 205. The lowest BCUT2D eigenvalue weighted by Gasteiger charge is -2.24. The standard InChI is InChI=1S/C12H25NOS2/c1-6-7-11(14)13-9-12(4,5)16-15-8-10(2)3/h10H,6-9H2,1-5H3,(H,13,14). The Kier molecular flexibility index (Phi) is 8.38. The molecule has 2 nitrogen and oxygen atoms in total. The molecule has 16 heavy (non-hydrogen) atoms. The summed E-state index contributed by atoms with van der Waals surface area (Å²) in [6.07, 6.45) is 1.56. The van der Waals surface area contributed by atoms with E-state index in [-0.39, 0.29) is 10.7 Å². The van der Waals surface area contributed by atoms with Crippen LogP contribution < -0.4 is 5.32 Å². The first kappa shape index (κ1) is 16.2. The molecule has 0 aromatic carbocycles. The summed E-state index contributed by atoms with van der Waals surface area (Å²) < 4.78 is 0.114. The molecule has 1 amide bonds. The van der Waals surface area contributed by atoms with Crippen molar-refractivity contribution in [3.63, 3.8) is 0 Å². The van der Waals surface area contributed by atoms with Gasteiger partial charge < -0.3 is 5.32 Å². The average Bonchev–Trinajstić information content (AvgIpc) is 2.14. The zero-order chi connectivity index (χ0) is 12.6. The van der Waals surface area contributed by atoms with Crippen molar-refractivity contribution in [3.05, 3.63) is 0 Å². The van der Waals surface area contributed by atoms with E-state index in [1.54, 1.807) is 0 Å². The van der Waals surface area contributed by atoms with E-state index >= 15 is 0 Å². The molecular formula is C12H25NOS2. The SMILES string of the molecule is CCCC(=O)NCC(C)(C)SSCC(C)C. The van der Waals surface area contributed by atoms with Crippen molar-refractivity contribution < 1.29 is 4.79 Å². The van der Waals surface area contributed by atoms with Gasteiger partial charge >= 0.3 is 0 Å². The summed E-state index contributed by atoms with van der Waals surface area (Å²) in [5.74, 6) is 2.06. The summed E-state index contributed by atoms with van der Waals surface area (Å²) in [7, 11) is 3.77. The number of rotatable bonds is 8. The number of hydrogen-bond donors (Lipinski definition) is 1. The molecule has 0 heterocycles. The Morgan fingerprint density at radius 1 is 1.38 bits per heavy atom. The molecule has 0 aromatic rings. The van der Waals surface area contributed by atoms with E-state index in [0.29, 0.717) is 6.42 Å². The second-order valence-electron chi connectivity index (χ2n) is 5.05. The van der Waals surface area contributed by atoms with Crippen molar-refractivity contribution in [2.75, 3.05) is 12.3 Å². The zero-order valence-electron chi connectivity index (χ0n) is 11.1. The van der Waals surface area contributed by atoms with Crippen LogP contribution in [0.4, 0.5) is 0 Å². The van der Waals surface area contributed by atoms with E-state index < -0.39 is 0 Å². The van der Waals surface area contributed by atoms with Gasteiger partial charge in [-0.25, -0.2) is 0 Å². The third-order valence-corrected chi connectivity index (χ3v) is 5.51. The molecule has 0 aliphatic rings. The average molecular weight is 263 g/mol. The minimum atomic E-state index is 0.114. The molecule has 0 atom stereocenters. The van der Waals surface area contributed by atoms with E-state index in [1.165, 1.54) is 0 Å². The molecule has 0 aliphatic carbocycles. The van der Waals surface area contributed by atoms with Crippen LogP contribution in [-0.2, 0) is 4.79 Å². The fourth-order valence-corrected chi connectivity index (χ4v) is 3.93. The molecule has 0 aliphatic heterocycles. The Morgan fingerprint density at radius 2 is 2.00 bits per heavy atom. The lowest BCUT2D eigenvalue weighted by Crippen LogP contribution is -2.35. The van der Waals surface area contributed by atoms with Gasteiger partial charge in [-0.05, 0) is 26.2 Å². The van der Waals surface area contributed by atoms with Crippen molar-refractivity contribution in [3.8, 4) is 0 Å². The van der Waals surface area contributed by atoms with Crippen LogP contribution in [0.15, 0.2) is 0 Å². The fraction of sp³-hybridized carbons (Fsp3) is 0.917. The Balaban J connectivity index is 3.73. The normalized spacial score (nSPS) is 11.9. The molecule has 0 rings (SSSR count). The Hall–Kier alpha value is 0.170. The lowest BCUT2D eigenvalue weighted by atomic mass is 10.2. The van der Waals surface area contributed by atoms with Crippen LogP contribution in [0.5, 0.6) is 0 Å². The van der Waals surface area contributed by atoms with Gasteiger partial charge in [-0.1, -0.05) is 42.4 Å². The van der Waals surface area contributed by atoms with Gasteiger partial charge in [0.05, 0.1) is 0 Å². The quantitative estimate of drug-likeness (QED) is 0.677. The topological polar surface area (TPSA) is 29.1 Å². The van der Waals surface area contributed by atoms with E-state index in [4.69, 9.17) is 0 Å². The largest absolute Gasteiger partial charge is 0.355 e. The maximum Gasteiger partial charge on any atom is 0.220 e. The van der Waals surface area contributed by atoms with Crippen LogP contribution in [0.2, 0.25) is 0 Å². The molecule has 0 spiro atoms. The van der Waals surface area contributed by atoms with Crippen LogP contribution in [0.25, 0.3) is 0 Å². The van der Waals surface area contributed by atoms with Crippen LogP contribution in [-0.4, -0.2) is 23.0 Å². The summed E-state index contributed by atoms with van der Waals surface area (Å²) in [4.78, 5) is 11.3. The van der Waals surface area contributed by atoms with Gasteiger partial charge in [0, 0.05) is 23.5 Å². The maximum atomic E-state index is 11.3. The molecule has 0 aromatic heterocycles. The van der Waals surface area contributed by atoms with Gasteiger partial charge in [0.15, 0.2) is 0 Å². The minimum absolute atomic E-state index is 0.114. The van der Waals surface area contributed by atoms with E-state index in [0.717, 1.165) is 24.6 Å². The number of carbonyl (C=O) groups is 1. The van der Waals surface area contributed by atoms with Gasteiger partial charge in [0.25, 0.3) is 0 Å². The molecule has 0 fully saturated rings. The second-order valence-corrected chi connectivity index (χ2v) is 8.10. The Labute approximate surface area is 108 Å². The smallest absolute Gasteiger partial charge is 0.220 e. The van der Waals surface area contributed by atoms with Crippen molar-refractivity contribution >= 4 is 27.5 Å². The maximum absolute atomic E-state index is 11.3. The molecule has 1 N–H and O–H groups in total. The van der Waals surface area contributed by atoms with Crippen LogP contribution in [0.1, 0.15) is 47.5 Å². The van der Waals surface area contributed by atoms with Crippen molar-refractivity contribution in [2.24, 2.45) is 5.92 Å². The molecule has 0 saturated carbocycles. The highest BCUT2D eigenvalue weighted by Gasteiger charge is 2.19. The third kappa shape index (κ3) is 9.40. The number of hydrogen-bond acceptors (Lipinski definition) is 3. The fourth-order valence-electron chi connectivity index (χ4n) is 0.986. The van der Waals surface area contributed by atoms with Gasteiger partial charge in [-0.15, -0.1) is 0 Å². The molecule has 0 radical (unpaired) electrons. The lowest BCUT2D eigenvalue weighted by molar-refractivity contribution is -0.121. The second kappa shape index (κ2) is 8.29. The zero-order valence-corrected chi connectivity index (χ0v) is 12.8. The molecule has 96 valence electrons. The molecule has 0 unspecified atom stereocenters. The van der Waals surface area contributed by atoms with Crippen LogP contribution in [0, 0.1) is 5.92 Å². The molecule has 0 saturated heterocycles. The first-order valence-corrected chi connectivity index (χ1v) is 8.26. The van der Waals surface area contributed by atoms with Gasteiger partial charge in [0.1, 0.15) is 0 Å². The first-order chi connectivity index (χ1) is 7.37. The summed E-state index contributed by atoms with van der Waals surface area (Å²) in [5.41, 5.74) is 0. The molecular weight excluding hydrogens is 238 g/mol. The third-order valence-electron chi connectivity index (χ3n) is 1.87. The first-order valence-electron chi connectivity index (χ1n) is 5.94. The van der Waals surface area contributed by atoms with Gasteiger partial charge in [-0.2, -0.15) is 0 Å². The van der Waals surface area contributed by atoms with E-state index in [1.807, 2.05) is 28.5 Å². The number of nitrogens with one attached hydrogen (secondary N) is 1. The highest BCUT2D eigenvalue weighted by molar-refractivity contribution is 8.77. The molecule has 4 heteroatoms. The monoisotopic (exact) mass is 263 g/mol. The number of carbonyl (C=O) groups excluding carboxylic acids is 1. The molecule has 0 bridgehead atoms. The number of amides is 1. The summed E-state index contributed by atoms with van der Waals surface area (Å²) in [6.45, 7) is 11.6. The predicted octanol–water partition coefficient (Wildman–Crippen LogP) is 3.72. The summed E-state index contributed by atoms with van der Waals surface area (Å²) >= 11 is 0. The summed E-state index contributed by atoms with van der Waals surface area (Å²) in [5, 5.41) is 2.99. The van der Waals surface area contributed by atoms with Crippen LogP contribution >= 0.6 is 21.6 Å². The van der Waals surface area contributed by atoms with Gasteiger partial charge in [-0.3, -0.25) is 4.79 Å². The highest BCUT2D eigenvalue weighted by atomic mass is 33.1. The Morgan fingerprint density at radius 3 is 2.50 bits per heavy atom. The van der Waals surface area contributed by atoms with Crippen LogP contribution in [0.3, 0.4) is 0 Å². The predicted molar refractivity (Wildman–Crippen MR) is 76.9 cm³/mol. The van der Waals surface area contributed by atoms with Crippen molar-refractivity contribution in [2.45, 2.75) is 52.2 Å². The van der Waals surface area contributed by atoms with Gasteiger partial charge in [0.2, 0.25) is 5.91 Å². The van der Waals surface area contributed by atoms with E-state index in [2.05, 4.69) is 33.0 Å². The van der Waals surface area contributed by atoms with Crippen molar-refractivity contribution in [1.29, 1.82) is 0 Å². The minimum Gasteiger partial charge on any atom is -0.355 e.